The lowest BCUT2D eigenvalue weighted by molar-refractivity contribution is 0.251. The molecule has 22 heavy (non-hydrogen) atoms. The van der Waals surface area contributed by atoms with Crippen LogP contribution in [0.4, 0.5) is 16.3 Å². The van der Waals surface area contributed by atoms with Crippen molar-refractivity contribution in [1.29, 1.82) is 0 Å². The Bertz CT molecular complexity index is 628. The number of anilines is 2. The van der Waals surface area contributed by atoms with Gasteiger partial charge >= 0.3 is 6.03 Å². The quantitative estimate of drug-likeness (QED) is 0.881. The van der Waals surface area contributed by atoms with E-state index < -0.39 is 0 Å². The van der Waals surface area contributed by atoms with Crippen LogP contribution in [0.2, 0.25) is 0 Å². The molecule has 2 heterocycles. The zero-order valence-electron chi connectivity index (χ0n) is 12.8. The second-order valence-electron chi connectivity index (χ2n) is 4.78. The topological polar surface area (TPSA) is 79.4 Å². The lowest BCUT2D eigenvalue weighted by Gasteiger charge is -2.16. The third-order valence-corrected chi connectivity index (χ3v) is 2.93. The second kappa shape index (κ2) is 7.26. The summed E-state index contributed by atoms with van der Waals surface area (Å²) in [5, 5.41) is 5.51. The number of nitrogens with one attached hydrogen (secondary N) is 2. The predicted octanol–water partition coefficient (Wildman–Crippen LogP) is 1.87. The molecule has 2 aromatic rings. The largest absolute Gasteiger partial charge is 0.481 e. The van der Waals surface area contributed by atoms with Crippen LogP contribution in [-0.4, -0.2) is 37.2 Å². The third-order valence-electron chi connectivity index (χ3n) is 2.93. The predicted molar refractivity (Wildman–Crippen MR) is 85.2 cm³/mol. The van der Waals surface area contributed by atoms with Crippen molar-refractivity contribution in [3.8, 4) is 5.88 Å². The van der Waals surface area contributed by atoms with Gasteiger partial charge in [0, 0.05) is 38.5 Å². The standard InChI is InChI=1S/C15H19N5O2/c1-20(2)14-11(5-4-8-16-14)9-18-15(21)19-12-6-7-13(22-3)17-10-12/h4-8,10H,9H2,1-3H3,(H2,18,19,21). The van der Waals surface area contributed by atoms with Crippen LogP contribution < -0.4 is 20.3 Å². The number of rotatable bonds is 5. The molecule has 7 heteroatoms. The summed E-state index contributed by atoms with van der Waals surface area (Å²) >= 11 is 0. The number of hydrogen-bond acceptors (Lipinski definition) is 5. The molecule has 0 aromatic carbocycles. The van der Waals surface area contributed by atoms with Gasteiger partial charge in [0.25, 0.3) is 0 Å². The SMILES string of the molecule is COc1ccc(NC(=O)NCc2cccnc2N(C)C)cn1. The highest BCUT2D eigenvalue weighted by Gasteiger charge is 2.07. The van der Waals surface area contributed by atoms with Crippen LogP contribution in [0.15, 0.2) is 36.7 Å². The smallest absolute Gasteiger partial charge is 0.319 e. The Morgan fingerprint density at radius 1 is 1.27 bits per heavy atom. The molecule has 0 aliphatic heterocycles. The fourth-order valence-corrected chi connectivity index (χ4v) is 1.90. The van der Waals surface area contributed by atoms with Gasteiger partial charge in [-0.2, -0.15) is 0 Å². The number of methoxy groups -OCH3 is 1. The van der Waals surface area contributed by atoms with Crippen molar-refractivity contribution in [1.82, 2.24) is 15.3 Å². The van der Waals surface area contributed by atoms with Crippen LogP contribution in [0.1, 0.15) is 5.56 Å². The average molecular weight is 301 g/mol. The van der Waals surface area contributed by atoms with Crippen molar-refractivity contribution in [2.45, 2.75) is 6.54 Å². The molecule has 2 amide bonds. The van der Waals surface area contributed by atoms with E-state index >= 15 is 0 Å². The molecule has 116 valence electrons. The molecular formula is C15H19N5O2. The summed E-state index contributed by atoms with van der Waals surface area (Å²) in [5.74, 6) is 1.32. The van der Waals surface area contributed by atoms with Gasteiger partial charge in [-0.05, 0) is 12.1 Å². The number of hydrogen-bond donors (Lipinski definition) is 2. The summed E-state index contributed by atoms with van der Waals surface area (Å²) in [7, 11) is 5.36. The van der Waals surface area contributed by atoms with E-state index in [4.69, 9.17) is 4.74 Å². The highest BCUT2D eigenvalue weighted by Crippen LogP contribution is 2.14. The molecule has 0 atom stereocenters. The molecule has 2 N–H and O–H groups in total. The number of aromatic nitrogens is 2. The van der Waals surface area contributed by atoms with E-state index in [9.17, 15) is 4.79 Å². The van der Waals surface area contributed by atoms with Gasteiger partial charge in [-0.1, -0.05) is 6.07 Å². The van der Waals surface area contributed by atoms with E-state index in [1.54, 1.807) is 25.4 Å². The summed E-state index contributed by atoms with van der Waals surface area (Å²) in [5.41, 5.74) is 1.54. The van der Waals surface area contributed by atoms with Gasteiger partial charge in [0.1, 0.15) is 5.82 Å². The van der Waals surface area contributed by atoms with Gasteiger partial charge in [-0.15, -0.1) is 0 Å². The summed E-state index contributed by atoms with van der Waals surface area (Å²) < 4.78 is 4.96. The van der Waals surface area contributed by atoms with E-state index in [-0.39, 0.29) is 6.03 Å². The highest BCUT2D eigenvalue weighted by atomic mass is 16.5. The Kier molecular flexibility index (Phi) is 5.13. The van der Waals surface area contributed by atoms with Gasteiger partial charge < -0.3 is 20.3 Å². The fourth-order valence-electron chi connectivity index (χ4n) is 1.90. The zero-order valence-corrected chi connectivity index (χ0v) is 12.8. The number of carbonyl (C=O) groups excluding carboxylic acids is 1. The lowest BCUT2D eigenvalue weighted by atomic mass is 10.2. The van der Waals surface area contributed by atoms with Gasteiger partial charge in [0.15, 0.2) is 0 Å². The van der Waals surface area contributed by atoms with E-state index in [1.165, 1.54) is 6.20 Å². The lowest BCUT2D eigenvalue weighted by Crippen LogP contribution is -2.29. The van der Waals surface area contributed by atoms with Crippen molar-refractivity contribution in [2.75, 3.05) is 31.4 Å². The molecule has 0 spiro atoms. The van der Waals surface area contributed by atoms with Gasteiger partial charge in [-0.25, -0.2) is 14.8 Å². The number of carbonyl (C=O) groups is 1. The molecular weight excluding hydrogens is 282 g/mol. The molecule has 0 fully saturated rings. The van der Waals surface area contributed by atoms with Crippen LogP contribution >= 0.6 is 0 Å². The second-order valence-corrected chi connectivity index (χ2v) is 4.78. The molecule has 2 aromatic heterocycles. The van der Waals surface area contributed by atoms with Crippen LogP contribution in [0.5, 0.6) is 5.88 Å². The third kappa shape index (κ3) is 4.08. The molecule has 0 saturated carbocycles. The van der Waals surface area contributed by atoms with E-state index in [0.29, 0.717) is 18.1 Å². The van der Waals surface area contributed by atoms with Crippen molar-refractivity contribution >= 4 is 17.5 Å². The number of amides is 2. The normalized spacial score (nSPS) is 9.95. The zero-order chi connectivity index (χ0) is 15.9. The number of ether oxygens (including phenoxy) is 1. The summed E-state index contributed by atoms with van der Waals surface area (Å²) in [6.45, 7) is 0.386. The van der Waals surface area contributed by atoms with Gasteiger partial charge in [-0.3, -0.25) is 0 Å². The first-order valence-corrected chi connectivity index (χ1v) is 6.76. The first kappa shape index (κ1) is 15.6. The van der Waals surface area contributed by atoms with Gasteiger partial charge in [0.2, 0.25) is 5.88 Å². The molecule has 2 rings (SSSR count). The monoisotopic (exact) mass is 301 g/mol. The fraction of sp³-hybridized carbons (Fsp3) is 0.267. The number of nitrogens with zero attached hydrogens (tertiary/aromatic N) is 3. The Balaban J connectivity index is 1.92. The maximum absolute atomic E-state index is 11.9. The Morgan fingerprint density at radius 3 is 2.73 bits per heavy atom. The van der Waals surface area contributed by atoms with Crippen LogP contribution in [0, 0.1) is 0 Å². The molecule has 0 aliphatic carbocycles. The van der Waals surface area contributed by atoms with Crippen LogP contribution in [0.3, 0.4) is 0 Å². The maximum atomic E-state index is 11.9. The Labute approximate surface area is 129 Å². The van der Waals surface area contributed by atoms with E-state index in [0.717, 1.165) is 11.4 Å². The summed E-state index contributed by atoms with van der Waals surface area (Å²) in [6, 6.07) is 6.87. The minimum Gasteiger partial charge on any atom is -0.481 e. The minimum absolute atomic E-state index is 0.305. The van der Waals surface area contributed by atoms with Gasteiger partial charge in [0.05, 0.1) is 19.0 Å². The Hall–Kier alpha value is -2.83. The molecule has 0 unspecified atom stereocenters. The van der Waals surface area contributed by atoms with Crippen molar-refractivity contribution < 1.29 is 9.53 Å². The Morgan fingerprint density at radius 2 is 2.09 bits per heavy atom. The summed E-state index contributed by atoms with van der Waals surface area (Å²) in [4.78, 5) is 22.1. The van der Waals surface area contributed by atoms with Crippen molar-refractivity contribution in [3.63, 3.8) is 0 Å². The average Bonchev–Trinajstić information content (AvgIpc) is 2.54. The van der Waals surface area contributed by atoms with Crippen LogP contribution in [-0.2, 0) is 6.54 Å². The maximum Gasteiger partial charge on any atom is 0.319 e. The van der Waals surface area contributed by atoms with E-state index in [2.05, 4.69) is 20.6 Å². The molecule has 0 aliphatic rings. The number of urea groups is 1. The first-order valence-electron chi connectivity index (χ1n) is 6.76. The molecule has 7 nitrogen and oxygen atoms in total. The molecule has 0 radical (unpaired) electrons. The van der Waals surface area contributed by atoms with Crippen molar-refractivity contribution in [2.24, 2.45) is 0 Å². The van der Waals surface area contributed by atoms with Crippen LogP contribution in [0.25, 0.3) is 0 Å². The number of pyridine rings is 2. The minimum atomic E-state index is -0.305. The van der Waals surface area contributed by atoms with E-state index in [1.807, 2.05) is 31.1 Å². The molecule has 0 saturated heterocycles. The first-order chi connectivity index (χ1) is 10.6. The van der Waals surface area contributed by atoms with Crippen molar-refractivity contribution in [3.05, 3.63) is 42.2 Å². The molecule has 0 bridgehead atoms. The summed E-state index contributed by atoms with van der Waals surface area (Å²) in [6.07, 6.45) is 3.26. The highest BCUT2D eigenvalue weighted by molar-refractivity contribution is 5.89.